The van der Waals surface area contributed by atoms with E-state index in [1.165, 1.54) is 0 Å². The summed E-state index contributed by atoms with van der Waals surface area (Å²) in [5.41, 5.74) is 9.36. The number of anilines is 2. The minimum Gasteiger partial charge on any atom is -0.382 e. The van der Waals surface area contributed by atoms with Crippen molar-refractivity contribution in [1.29, 1.82) is 0 Å². The van der Waals surface area contributed by atoms with Crippen LogP contribution in [-0.2, 0) is 4.74 Å². The Morgan fingerprint density at radius 3 is 2.77 bits per heavy atom. The van der Waals surface area contributed by atoms with Crippen molar-refractivity contribution in [1.82, 2.24) is 19.6 Å². The van der Waals surface area contributed by atoms with E-state index in [1.807, 2.05) is 30.6 Å². The average molecular weight is 296 g/mol. The predicted octanol–water partition coefficient (Wildman–Crippen LogP) is 1.21. The molecule has 2 N–H and O–H groups in total. The van der Waals surface area contributed by atoms with Crippen LogP contribution in [-0.4, -0.2) is 45.9 Å². The number of pyridine rings is 1. The zero-order chi connectivity index (χ0) is 14.9. The van der Waals surface area contributed by atoms with Crippen molar-refractivity contribution in [3.05, 3.63) is 36.8 Å². The monoisotopic (exact) mass is 296 g/mol. The maximum atomic E-state index is 6.07. The van der Waals surface area contributed by atoms with E-state index in [0.717, 1.165) is 43.2 Å². The fourth-order valence-electron chi connectivity index (χ4n) is 2.68. The van der Waals surface area contributed by atoms with Crippen molar-refractivity contribution < 1.29 is 4.74 Å². The molecule has 0 aromatic carbocycles. The fourth-order valence-corrected chi connectivity index (χ4v) is 2.68. The lowest BCUT2D eigenvalue weighted by molar-refractivity contribution is 0.122. The molecule has 0 aliphatic carbocycles. The van der Waals surface area contributed by atoms with Gasteiger partial charge in [0.1, 0.15) is 0 Å². The first-order valence-corrected chi connectivity index (χ1v) is 7.21. The molecule has 1 fully saturated rings. The zero-order valence-corrected chi connectivity index (χ0v) is 12.0. The Kier molecular flexibility index (Phi) is 3.12. The Labute approximate surface area is 127 Å². The molecule has 4 rings (SSSR count). The van der Waals surface area contributed by atoms with Crippen LogP contribution in [0, 0.1) is 0 Å². The Bertz CT molecular complexity index is 794. The average Bonchev–Trinajstić information content (AvgIpc) is 2.91. The molecule has 0 saturated carbocycles. The third-order valence-corrected chi connectivity index (χ3v) is 3.78. The molecular weight excluding hydrogens is 280 g/mol. The van der Waals surface area contributed by atoms with Crippen molar-refractivity contribution in [2.45, 2.75) is 0 Å². The Hall–Kier alpha value is -2.67. The maximum Gasteiger partial charge on any atom is 0.166 e. The summed E-state index contributed by atoms with van der Waals surface area (Å²) in [5, 5.41) is 4.38. The number of nitrogens with two attached hydrogens (primary N) is 1. The molecule has 0 bridgehead atoms. The Morgan fingerprint density at radius 2 is 2.00 bits per heavy atom. The van der Waals surface area contributed by atoms with Crippen LogP contribution in [0.3, 0.4) is 0 Å². The van der Waals surface area contributed by atoms with Crippen molar-refractivity contribution in [3.8, 4) is 11.3 Å². The van der Waals surface area contributed by atoms with E-state index in [9.17, 15) is 0 Å². The van der Waals surface area contributed by atoms with Crippen molar-refractivity contribution in [2.24, 2.45) is 0 Å². The van der Waals surface area contributed by atoms with Crippen LogP contribution in [0.5, 0.6) is 0 Å². The fraction of sp³-hybridized carbons (Fsp3) is 0.267. The SMILES string of the molecule is Nc1nn2cc(N3CCOCC3)cnc2c1-c1ccccn1. The van der Waals surface area contributed by atoms with E-state index in [1.54, 1.807) is 10.7 Å². The molecule has 0 unspecified atom stereocenters. The van der Waals surface area contributed by atoms with Gasteiger partial charge in [-0.1, -0.05) is 6.07 Å². The number of rotatable bonds is 2. The van der Waals surface area contributed by atoms with Crippen LogP contribution in [0.4, 0.5) is 11.5 Å². The number of aromatic nitrogens is 4. The lowest BCUT2D eigenvalue weighted by Crippen LogP contribution is -2.36. The first-order valence-electron chi connectivity index (χ1n) is 7.21. The molecular formula is C15H16N6O. The summed E-state index contributed by atoms with van der Waals surface area (Å²) >= 11 is 0. The standard InChI is InChI=1S/C15H16N6O/c16-14-13(12-3-1-2-4-17-12)15-18-9-11(10-21(15)19-14)20-5-7-22-8-6-20/h1-4,9-10H,5-8H2,(H2,16,19). The van der Waals surface area contributed by atoms with E-state index < -0.39 is 0 Å². The van der Waals surface area contributed by atoms with Crippen LogP contribution in [0.1, 0.15) is 0 Å². The molecule has 1 saturated heterocycles. The van der Waals surface area contributed by atoms with Gasteiger partial charge in [0.2, 0.25) is 0 Å². The molecule has 3 aromatic rings. The van der Waals surface area contributed by atoms with E-state index in [0.29, 0.717) is 11.5 Å². The molecule has 7 heteroatoms. The van der Waals surface area contributed by atoms with Gasteiger partial charge in [-0.3, -0.25) is 4.98 Å². The number of nitrogen functional groups attached to an aromatic ring is 1. The summed E-state index contributed by atoms with van der Waals surface area (Å²) in [7, 11) is 0. The van der Waals surface area contributed by atoms with Crippen molar-refractivity contribution >= 4 is 17.2 Å². The highest BCUT2D eigenvalue weighted by atomic mass is 16.5. The van der Waals surface area contributed by atoms with Crippen molar-refractivity contribution in [2.75, 3.05) is 36.9 Å². The van der Waals surface area contributed by atoms with Crippen molar-refractivity contribution in [3.63, 3.8) is 0 Å². The Morgan fingerprint density at radius 1 is 1.14 bits per heavy atom. The predicted molar refractivity (Wildman–Crippen MR) is 83.7 cm³/mol. The van der Waals surface area contributed by atoms with Crippen LogP contribution in [0.25, 0.3) is 16.9 Å². The third-order valence-electron chi connectivity index (χ3n) is 3.78. The minimum absolute atomic E-state index is 0.435. The molecule has 3 aromatic heterocycles. The smallest absolute Gasteiger partial charge is 0.166 e. The second-order valence-electron chi connectivity index (χ2n) is 5.15. The van der Waals surface area contributed by atoms with Gasteiger partial charge in [-0.05, 0) is 12.1 Å². The molecule has 0 radical (unpaired) electrons. The first kappa shape index (κ1) is 13.0. The van der Waals surface area contributed by atoms with Gasteiger partial charge in [0, 0.05) is 19.3 Å². The lowest BCUT2D eigenvalue weighted by Gasteiger charge is -2.28. The largest absolute Gasteiger partial charge is 0.382 e. The molecule has 7 nitrogen and oxygen atoms in total. The molecule has 1 aliphatic heterocycles. The first-order chi connectivity index (χ1) is 10.8. The second-order valence-corrected chi connectivity index (χ2v) is 5.15. The minimum atomic E-state index is 0.435. The molecule has 1 aliphatic rings. The molecule has 112 valence electrons. The van der Waals surface area contributed by atoms with E-state index in [-0.39, 0.29) is 0 Å². The zero-order valence-electron chi connectivity index (χ0n) is 12.0. The van der Waals surface area contributed by atoms with Gasteiger partial charge in [-0.25, -0.2) is 9.50 Å². The van der Waals surface area contributed by atoms with Crippen LogP contribution >= 0.6 is 0 Å². The number of ether oxygens (including phenoxy) is 1. The van der Waals surface area contributed by atoms with Gasteiger partial charge in [-0.2, -0.15) is 0 Å². The highest BCUT2D eigenvalue weighted by Gasteiger charge is 2.17. The quantitative estimate of drug-likeness (QED) is 0.765. The molecule has 22 heavy (non-hydrogen) atoms. The van der Waals surface area contributed by atoms with Gasteiger partial charge in [0.25, 0.3) is 0 Å². The normalized spacial score (nSPS) is 15.4. The van der Waals surface area contributed by atoms with E-state index >= 15 is 0 Å². The van der Waals surface area contributed by atoms with Gasteiger partial charge >= 0.3 is 0 Å². The summed E-state index contributed by atoms with van der Waals surface area (Å²) in [4.78, 5) is 11.1. The number of hydrogen-bond acceptors (Lipinski definition) is 6. The van der Waals surface area contributed by atoms with Crippen LogP contribution in [0.15, 0.2) is 36.8 Å². The molecule has 0 amide bonds. The summed E-state index contributed by atoms with van der Waals surface area (Å²) in [5.74, 6) is 0.435. The highest BCUT2D eigenvalue weighted by molar-refractivity contribution is 5.84. The van der Waals surface area contributed by atoms with Crippen LogP contribution < -0.4 is 10.6 Å². The number of fused-ring (bicyclic) bond motifs is 1. The van der Waals surface area contributed by atoms with Crippen LogP contribution in [0.2, 0.25) is 0 Å². The summed E-state index contributed by atoms with van der Waals surface area (Å²) in [6.45, 7) is 3.19. The highest BCUT2D eigenvalue weighted by Crippen LogP contribution is 2.28. The number of nitrogens with zero attached hydrogens (tertiary/aromatic N) is 5. The van der Waals surface area contributed by atoms with E-state index in [4.69, 9.17) is 10.5 Å². The van der Waals surface area contributed by atoms with Gasteiger partial charge in [0.15, 0.2) is 11.5 Å². The van der Waals surface area contributed by atoms with Gasteiger partial charge in [0.05, 0.1) is 42.6 Å². The lowest BCUT2D eigenvalue weighted by atomic mass is 10.2. The van der Waals surface area contributed by atoms with E-state index in [2.05, 4.69) is 20.0 Å². The molecule has 4 heterocycles. The Balaban J connectivity index is 1.79. The number of hydrogen-bond donors (Lipinski definition) is 1. The molecule has 0 spiro atoms. The van der Waals surface area contributed by atoms with Gasteiger partial charge in [-0.15, -0.1) is 5.10 Å². The van der Waals surface area contributed by atoms with Gasteiger partial charge < -0.3 is 15.4 Å². The second kappa shape index (κ2) is 5.27. The number of morpholine rings is 1. The summed E-state index contributed by atoms with van der Waals surface area (Å²) in [6.07, 6.45) is 5.55. The third kappa shape index (κ3) is 2.15. The summed E-state index contributed by atoms with van der Waals surface area (Å²) < 4.78 is 7.10. The topological polar surface area (TPSA) is 81.6 Å². The summed E-state index contributed by atoms with van der Waals surface area (Å²) in [6, 6.07) is 5.70. The maximum absolute atomic E-state index is 6.07. The molecule has 0 atom stereocenters.